The minimum Gasteiger partial charge on any atom is -0.336 e. The zero-order valence-corrected chi connectivity index (χ0v) is 22.0. The van der Waals surface area contributed by atoms with Crippen molar-refractivity contribution in [3.63, 3.8) is 0 Å². The summed E-state index contributed by atoms with van der Waals surface area (Å²) >= 11 is 6.07. The third-order valence-corrected chi connectivity index (χ3v) is 8.65. The van der Waals surface area contributed by atoms with E-state index < -0.39 is 15.9 Å². The molecule has 0 unspecified atom stereocenters. The van der Waals surface area contributed by atoms with E-state index in [0.717, 1.165) is 16.8 Å². The molecular weight excluding hydrogens is 512 g/mol. The van der Waals surface area contributed by atoms with Gasteiger partial charge in [0.2, 0.25) is 5.91 Å². The molecule has 0 N–H and O–H groups in total. The summed E-state index contributed by atoms with van der Waals surface area (Å²) < 4.78 is 29.6. The van der Waals surface area contributed by atoms with Crippen LogP contribution in [0.3, 0.4) is 0 Å². The Labute approximate surface area is 220 Å². The van der Waals surface area contributed by atoms with E-state index in [4.69, 9.17) is 11.6 Å². The molecule has 2 aromatic heterocycles. The van der Waals surface area contributed by atoms with Gasteiger partial charge in [0, 0.05) is 61.0 Å². The van der Waals surface area contributed by atoms with Crippen LogP contribution < -0.4 is 0 Å². The number of halogens is 1. The van der Waals surface area contributed by atoms with Gasteiger partial charge in [-0.25, -0.2) is 8.42 Å². The van der Waals surface area contributed by atoms with Crippen molar-refractivity contribution in [2.24, 2.45) is 0 Å². The number of piperazine rings is 1. The molecule has 8 nitrogen and oxygen atoms in total. The van der Waals surface area contributed by atoms with E-state index in [2.05, 4.69) is 4.98 Å². The summed E-state index contributed by atoms with van der Waals surface area (Å²) in [6, 6.07) is 17.6. The Morgan fingerprint density at radius 1 is 0.892 bits per heavy atom. The zero-order valence-electron chi connectivity index (χ0n) is 20.4. The summed E-state index contributed by atoms with van der Waals surface area (Å²) in [4.78, 5) is 31.3. The van der Waals surface area contributed by atoms with Crippen molar-refractivity contribution in [2.75, 3.05) is 26.2 Å². The Morgan fingerprint density at radius 2 is 1.59 bits per heavy atom. The number of fused-ring (bicyclic) bond motifs is 1. The van der Waals surface area contributed by atoms with E-state index >= 15 is 0 Å². The number of amides is 1. The van der Waals surface area contributed by atoms with Gasteiger partial charge in [-0.1, -0.05) is 23.7 Å². The van der Waals surface area contributed by atoms with Crippen molar-refractivity contribution >= 4 is 44.3 Å². The average Bonchev–Trinajstić information content (AvgIpc) is 3.28. The average molecular weight is 537 g/mol. The number of sulfonamides is 1. The molecule has 190 valence electrons. The number of nitrogens with zero attached hydrogens (tertiary/aromatic N) is 4. The molecule has 0 saturated carbocycles. The lowest BCUT2D eigenvalue weighted by atomic mass is 10.0. The lowest BCUT2D eigenvalue weighted by Gasteiger charge is -2.34. The number of rotatable bonds is 4. The maximum atomic E-state index is 13.5. The van der Waals surface area contributed by atoms with Gasteiger partial charge in [-0.15, -0.1) is 0 Å². The summed E-state index contributed by atoms with van der Waals surface area (Å²) in [6.07, 6.45) is 1.75. The predicted octanol–water partition coefficient (Wildman–Crippen LogP) is 4.47. The fraction of sp³-hybridized carbons (Fsp3) is 0.222. The number of hydrogen-bond acceptors (Lipinski definition) is 5. The first-order valence-corrected chi connectivity index (χ1v) is 13.6. The van der Waals surface area contributed by atoms with Crippen molar-refractivity contribution in [1.82, 2.24) is 18.8 Å². The quantitative estimate of drug-likeness (QED) is 0.383. The predicted molar refractivity (Wildman–Crippen MR) is 142 cm³/mol. The van der Waals surface area contributed by atoms with Crippen LogP contribution in [0.25, 0.3) is 22.0 Å². The third-order valence-electron chi connectivity index (χ3n) is 6.54. The third kappa shape index (κ3) is 4.77. The van der Waals surface area contributed by atoms with Crippen LogP contribution >= 0.6 is 11.6 Å². The van der Waals surface area contributed by atoms with Gasteiger partial charge in [-0.2, -0.15) is 4.31 Å². The van der Waals surface area contributed by atoms with Crippen molar-refractivity contribution in [1.29, 1.82) is 0 Å². The number of aromatic nitrogens is 2. The summed E-state index contributed by atoms with van der Waals surface area (Å²) in [6.45, 7) is 4.00. The second-order valence-electron chi connectivity index (χ2n) is 9.00. The number of carbonyl (C=O) groups is 2. The number of aryl methyl sites for hydroxylation is 1. The maximum Gasteiger partial charge on any atom is 0.259 e. The molecule has 0 atom stereocenters. The molecule has 0 bridgehead atoms. The highest BCUT2D eigenvalue weighted by Crippen LogP contribution is 2.29. The van der Waals surface area contributed by atoms with Crippen molar-refractivity contribution in [3.8, 4) is 11.1 Å². The van der Waals surface area contributed by atoms with Gasteiger partial charge >= 0.3 is 0 Å². The van der Waals surface area contributed by atoms with E-state index in [-0.39, 0.29) is 37.1 Å². The standard InChI is InChI=1S/C27H25ClN4O4S/c1-18-15-22(9-10-29-18)20-3-5-21(6-4-20)27(34)30-11-13-31(14-12-30)37(35,36)26-17-23-16-24(28)7-8-25(23)32(26)19(2)33/h3-10,15-17H,11-14H2,1-2H3. The Hall–Kier alpha value is -3.53. The molecular formula is C27H25ClN4O4S. The van der Waals surface area contributed by atoms with Gasteiger partial charge in [0.05, 0.1) is 5.52 Å². The van der Waals surface area contributed by atoms with E-state index in [1.54, 1.807) is 41.4 Å². The van der Waals surface area contributed by atoms with E-state index in [0.29, 0.717) is 21.5 Å². The van der Waals surface area contributed by atoms with Crippen LogP contribution in [-0.4, -0.2) is 65.2 Å². The van der Waals surface area contributed by atoms with Gasteiger partial charge in [-0.3, -0.25) is 19.1 Å². The van der Waals surface area contributed by atoms with E-state index in [1.807, 2.05) is 31.2 Å². The van der Waals surface area contributed by atoms with Crippen LogP contribution in [-0.2, 0) is 10.0 Å². The monoisotopic (exact) mass is 536 g/mol. The van der Waals surface area contributed by atoms with Crippen molar-refractivity contribution in [2.45, 2.75) is 18.9 Å². The van der Waals surface area contributed by atoms with E-state index in [1.165, 1.54) is 21.9 Å². The van der Waals surface area contributed by atoms with Gasteiger partial charge in [0.25, 0.3) is 15.9 Å². The topological polar surface area (TPSA) is 92.6 Å². The number of benzene rings is 2. The van der Waals surface area contributed by atoms with Crippen molar-refractivity contribution < 1.29 is 18.0 Å². The summed E-state index contributed by atoms with van der Waals surface area (Å²) in [5, 5.41) is 0.924. The first-order chi connectivity index (χ1) is 17.6. The molecule has 5 rings (SSSR count). The maximum absolute atomic E-state index is 13.5. The van der Waals surface area contributed by atoms with Gasteiger partial charge in [0.1, 0.15) is 0 Å². The van der Waals surface area contributed by atoms with Crippen LogP contribution in [0, 0.1) is 6.92 Å². The Balaban J connectivity index is 1.32. The smallest absolute Gasteiger partial charge is 0.259 e. The normalized spacial score (nSPS) is 14.7. The summed E-state index contributed by atoms with van der Waals surface area (Å²) in [7, 11) is -3.98. The highest BCUT2D eigenvalue weighted by molar-refractivity contribution is 7.89. The Bertz CT molecular complexity index is 1620. The molecule has 1 aliphatic heterocycles. The summed E-state index contributed by atoms with van der Waals surface area (Å²) in [5.41, 5.74) is 3.95. The van der Waals surface area contributed by atoms with Crippen LogP contribution in [0.15, 0.2) is 71.9 Å². The SMILES string of the molecule is CC(=O)n1c(S(=O)(=O)N2CCN(C(=O)c3ccc(-c4ccnc(C)c4)cc3)CC2)cc2cc(Cl)ccc21. The Morgan fingerprint density at radius 3 is 2.24 bits per heavy atom. The lowest BCUT2D eigenvalue weighted by Crippen LogP contribution is -2.50. The largest absolute Gasteiger partial charge is 0.336 e. The Kier molecular flexibility index (Phi) is 6.61. The minimum absolute atomic E-state index is 0.0982. The molecule has 4 aromatic rings. The summed E-state index contributed by atoms with van der Waals surface area (Å²) in [5.74, 6) is -0.558. The second kappa shape index (κ2) is 9.74. The highest BCUT2D eigenvalue weighted by Gasteiger charge is 2.34. The van der Waals surface area contributed by atoms with Crippen LogP contribution in [0.2, 0.25) is 5.02 Å². The number of carbonyl (C=O) groups excluding carboxylic acids is 2. The molecule has 1 amide bonds. The molecule has 0 spiro atoms. The van der Waals surface area contributed by atoms with Crippen molar-refractivity contribution in [3.05, 3.63) is 83.1 Å². The molecule has 1 fully saturated rings. The molecule has 10 heteroatoms. The van der Waals surface area contributed by atoms with Crippen LogP contribution in [0.4, 0.5) is 0 Å². The molecule has 0 aliphatic carbocycles. The fourth-order valence-electron chi connectivity index (χ4n) is 4.65. The first-order valence-electron chi connectivity index (χ1n) is 11.8. The molecule has 37 heavy (non-hydrogen) atoms. The molecule has 3 heterocycles. The van der Waals surface area contributed by atoms with E-state index in [9.17, 15) is 18.0 Å². The lowest BCUT2D eigenvalue weighted by molar-refractivity contribution is 0.0698. The fourth-order valence-corrected chi connectivity index (χ4v) is 6.47. The van der Waals surface area contributed by atoms with Crippen LogP contribution in [0.1, 0.15) is 27.8 Å². The number of pyridine rings is 1. The van der Waals surface area contributed by atoms with Crippen LogP contribution in [0.5, 0.6) is 0 Å². The molecule has 0 radical (unpaired) electrons. The number of hydrogen-bond donors (Lipinski definition) is 0. The van der Waals surface area contributed by atoms with Gasteiger partial charge in [-0.05, 0) is 66.6 Å². The van der Waals surface area contributed by atoms with Gasteiger partial charge in [0.15, 0.2) is 5.03 Å². The molecule has 2 aromatic carbocycles. The molecule has 1 aliphatic rings. The second-order valence-corrected chi connectivity index (χ2v) is 11.3. The minimum atomic E-state index is -3.98. The highest BCUT2D eigenvalue weighted by atomic mass is 35.5. The zero-order chi connectivity index (χ0) is 26.3. The first kappa shape index (κ1) is 25.1. The molecule has 1 saturated heterocycles. The van der Waals surface area contributed by atoms with Gasteiger partial charge < -0.3 is 4.90 Å².